The first-order valence-electron chi connectivity index (χ1n) is 12.1. The van der Waals surface area contributed by atoms with E-state index in [-0.39, 0.29) is 29.5 Å². The number of ether oxygens (including phenoxy) is 1. The van der Waals surface area contributed by atoms with Crippen molar-refractivity contribution in [1.29, 1.82) is 0 Å². The summed E-state index contributed by atoms with van der Waals surface area (Å²) in [7, 11) is 0. The molecule has 6 nitrogen and oxygen atoms in total. The van der Waals surface area contributed by atoms with Gasteiger partial charge in [0.15, 0.2) is 6.10 Å². The zero-order valence-corrected chi connectivity index (χ0v) is 21.8. The van der Waals surface area contributed by atoms with Crippen molar-refractivity contribution in [3.8, 4) is 0 Å². The smallest absolute Gasteiger partial charge is 0.331 e. The van der Waals surface area contributed by atoms with E-state index in [1.165, 1.54) is 16.7 Å². The van der Waals surface area contributed by atoms with E-state index in [1.54, 1.807) is 0 Å². The molecule has 2 aliphatic rings. The summed E-state index contributed by atoms with van der Waals surface area (Å²) < 4.78 is 5.34. The minimum atomic E-state index is -0.871. The van der Waals surface area contributed by atoms with E-state index in [0.29, 0.717) is 0 Å². The quantitative estimate of drug-likeness (QED) is 0.264. The molecule has 0 saturated carbocycles. The number of carbonyl (C=O) groups is 3. The van der Waals surface area contributed by atoms with E-state index in [4.69, 9.17) is 16.3 Å². The number of hydrogen-bond acceptors (Lipinski definition) is 5. The van der Waals surface area contributed by atoms with Crippen LogP contribution >= 0.6 is 23.4 Å². The number of halogens is 1. The Bertz CT molecular complexity index is 1240. The summed E-state index contributed by atoms with van der Waals surface area (Å²) in [4.78, 5) is 41.1. The Morgan fingerprint density at radius 3 is 2.05 bits per heavy atom. The van der Waals surface area contributed by atoms with Crippen LogP contribution in [0.2, 0.25) is 0 Å². The lowest BCUT2D eigenvalue weighted by molar-refractivity contribution is -0.166. The number of fused-ring (bicyclic) bond motifs is 1. The second-order valence-electron chi connectivity index (χ2n) is 9.45. The molecule has 5 rings (SSSR count). The van der Waals surface area contributed by atoms with E-state index in [9.17, 15) is 14.4 Å². The molecule has 2 aliphatic heterocycles. The molecule has 0 unspecified atom stereocenters. The first kappa shape index (κ1) is 25.4. The van der Waals surface area contributed by atoms with E-state index in [1.807, 2.05) is 97.9 Å². The number of amides is 2. The molecule has 2 amide bonds. The summed E-state index contributed by atoms with van der Waals surface area (Å²) in [5.41, 5.74) is 2.53. The predicted octanol–water partition coefficient (Wildman–Crippen LogP) is 4.33. The zero-order valence-electron chi connectivity index (χ0n) is 20.3. The van der Waals surface area contributed by atoms with Gasteiger partial charge in [-0.3, -0.25) is 9.59 Å². The highest BCUT2D eigenvalue weighted by atomic mass is 35.5. The average molecular weight is 535 g/mol. The van der Waals surface area contributed by atoms with Crippen molar-refractivity contribution in [3.05, 3.63) is 108 Å². The fraction of sp³-hybridized carbons (Fsp3) is 0.276. The van der Waals surface area contributed by atoms with Gasteiger partial charge in [-0.25, -0.2) is 4.79 Å². The first-order valence-corrected chi connectivity index (χ1v) is 13.5. The number of carbonyl (C=O) groups excluding carboxylic acids is 3. The van der Waals surface area contributed by atoms with Gasteiger partial charge in [-0.1, -0.05) is 91.0 Å². The van der Waals surface area contributed by atoms with Crippen LogP contribution in [-0.4, -0.2) is 50.8 Å². The number of esters is 1. The molecule has 2 saturated heterocycles. The van der Waals surface area contributed by atoms with Gasteiger partial charge in [0.1, 0.15) is 17.5 Å². The number of alkyl halides is 1. The van der Waals surface area contributed by atoms with E-state index < -0.39 is 28.9 Å². The van der Waals surface area contributed by atoms with Crippen LogP contribution in [0.25, 0.3) is 0 Å². The number of nitrogens with zero attached hydrogens (tertiary/aromatic N) is 1. The van der Waals surface area contributed by atoms with Gasteiger partial charge < -0.3 is 15.0 Å². The maximum atomic E-state index is 13.7. The monoisotopic (exact) mass is 534 g/mol. The molecule has 37 heavy (non-hydrogen) atoms. The third-order valence-corrected chi connectivity index (χ3v) is 9.14. The van der Waals surface area contributed by atoms with Crippen LogP contribution in [0.4, 0.5) is 0 Å². The maximum absolute atomic E-state index is 13.7. The van der Waals surface area contributed by atoms with Crippen LogP contribution in [0, 0.1) is 0 Å². The summed E-state index contributed by atoms with van der Waals surface area (Å²) in [6, 6.07) is 26.8. The Morgan fingerprint density at radius 2 is 1.51 bits per heavy atom. The highest BCUT2D eigenvalue weighted by Crippen LogP contribution is 2.52. The van der Waals surface area contributed by atoms with Crippen molar-refractivity contribution in [3.63, 3.8) is 0 Å². The molecule has 0 aromatic heterocycles. The maximum Gasteiger partial charge on any atom is 0.331 e. The van der Waals surface area contributed by atoms with Gasteiger partial charge in [-0.05, 0) is 23.6 Å². The van der Waals surface area contributed by atoms with E-state index >= 15 is 0 Å². The molecule has 0 aliphatic carbocycles. The molecule has 4 atom stereocenters. The van der Waals surface area contributed by atoms with Gasteiger partial charge in [0, 0.05) is 5.88 Å². The summed E-state index contributed by atoms with van der Waals surface area (Å²) in [5, 5.41) is 2.47. The van der Waals surface area contributed by atoms with Gasteiger partial charge in [-0.2, -0.15) is 0 Å². The fourth-order valence-corrected chi connectivity index (χ4v) is 6.84. The van der Waals surface area contributed by atoms with Gasteiger partial charge in [0.05, 0.1) is 11.2 Å². The highest BCUT2D eigenvalue weighted by molar-refractivity contribution is 8.01. The number of thioether (sulfide) groups is 1. The molecule has 0 radical (unpaired) electrons. The molecule has 3 aromatic rings. The fourth-order valence-electron chi connectivity index (χ4n) is 4.89. The van der Waals surface area contributed by atoms with Gasteiger partial charge in [0.25, 0.3) is 0 Å². The summed E-state index contributed by atoms with van der Waals surface area (Å²) in [6.07, 6.45) is -0.452. The molecular formula is C29H27ClN2O4S. The number of benzene rings is 3. The lowest BCUT2D eigenvalue weighted by Gasteiger charge is -2.44. The summed E-state index contributed by atoms with van der Waals surface area (Å²) in [6.45, 7) is 1.87. The van der Waals surface area contributed by atoms with Crippen molar-refractivity contribution in [2.75, 3.05) is 5.88 Å². The molecule has 2 heterocycles. The SMILES string of the molecule is C[C@@]1(CCl)S[C@H]2[C@H](NC(=O)Cc3ccccc3)C(=O)N2[C@H]1C(=O)OC(c1ccccc1)c1ccccc1. The lowest BCUT2D eigenvalue weighted by Crippen LogP contribution is -2.71. The Hall–Kier alpha value is -3.29. The third kappa shape index (κ3) is 4.98. The van der Waals surface area contributed by atoms with Crippen LogP contribution in [0.3, 0.4) is 0 Å². The number of β-lactam (4-membered cyclic amide) rings is 1. The molecular weight excluding hydrogens is 508 g/mol. The molecule has 1 N–H and O–H groups in total. The molecule has 190 valence electrons. The van der Waals surface area contributed by atoms with Crippen molar-refractivity contribution < 1.29 is 19.1 Å². The number of hydrogen-bond donors (Lipinski definition) is 1. The second kappa shape index (κ2) is 10.6. The van der Waals surface area contributed by atoms with Gasteiger partial charge in [0.2, 0.25) is 11.8 Å². The molecule has 0 spiro atoms. The second-order valence-corrected chi connectivity index (χ2v) is 11.4. The van der Waals surface area contributed by atoms with Crippen molar-refractivity contribution in [1.82, 2.24) is 10.2 Å². The minimum Gasteiger partial charge on any atom is -0.451 e. The van der Waals surface area contributed by atoms with E-state index in [0.717, 1.165) is 16.7 Å². The third-order valence-electron chi connectivity index (χ3n) is 6.78. The van der Waals surface area contributed by atoms with Gasteiger partial charge >= 0.3 is 5.97 Å². The Morgan fingerprint density at radius 1 is 0.973 bits per heavy atom. The zero-order chi connectivity index (χ0) is 26.0. The number of rotatable bonds is 8. The van der Waals surface area contributed by atoms with Crippen LogP contribution in [0.1, 0.15) is 29.7 Å². The molecule has 3 aromatic carbocycles. The predicted molar refractivity (Wildman–Crippen MR) is 144 cm³/mol. The Labute approximate surface area is 225 Å². The molecule has 0 bridgehead atoms. The van der Waals surface area contributed by atoms with Crippen molar-refractivity contribution in [2.45, 2.75) is 41.7 Å². The molecule has 8 heteroatoms. The van der Waals surface area contributed by atoms with Crippen LogP contribution in [-0.2, 0) is 25.5 Å². The number of nitrogens with one attached hydrogen (secondary N) is 1. The van der Waals surface area contributed by atoms with Gasteiger partial charge in [-0.15, -0.1) is 23.4 Å². The molecule has 2 fully saturated rings. The standard InChI is InChI=1S/C29H27ClN2O4S/c1-29(18-30)25(28(35)36-24(20-13-7-3-8-14-20)21-15-9-4-10-16-21)32-26(34)23(27(32)37-29)31-22(33)17-19-11-5-2-6-12-19/h2-16,23-25,27H,17-18H2,1H3,(H,31,33)/t23-,25+,27+,29+/m1/s1. The summed E-state index contributed by atoms with van der Waals surface area (Å²) >= 11 is 7.81. The van der Waals surface area contributed by atoms with E-state index in [2.05, 4.69) is 5.32 Å². The summed E-state index contributed by atoms with van der Waals surface area (Å²) in [5.74, 6) is -0.912. The Kier molecular flexibility index (Phi) is 7.26. The van der Waals surface area contributed by atoms with Crippen LogP contribution in [0.5, 0.6) is 0 Å². The lowest BCUT2D eigenvalue weighted by atomic mass is 9.95. The van der Waals surface area contributed by atoms with Crippen LogP contribution < -0.4 is 5.32 Å². The van der Waals surface area contributed by atoms with Crippen LogP contribution in [0.15, 0.2) is 91.0 Å². The highest BCUT2D eigenvalue weighted by Gasteiger charge is 2.66. The Balaban J connectivity index is 1.34. The minimum absolute atomic E-state index is 0.143. The topological polar surface area (TPSA) is 75.7 Å². The van der Waals surface area contributed by atoms with Crippen molar-refractivity contribution >= 4 is 41.1 Å². The largest absolute Gasteiger partial charge is 0.451 e. The first-order chi connectivity index (χ1) is 17.9. The average Bonchev–Trinajstić information content (AvgIpc) is 3.22. The normalized spacial score (nSPS) is 24.4. The van der Waals surface area contributed by atoms with Crippen molar-refractivity contribution in [2.24, 2.45) is 0 Å².